The van der Waals surface area contributed by atoms with Gasteiger partial charge in [0, 0.05) is 6.61 Å². The lowest BCUT2D eigenvalue weighted by atomic mass is 9.99. The van der Waals surface area contributed by atoms with Crippen molar-refractivity contribution in [3.63, 3.8) is 0 Å². The van der Waals surface area contributed by atoms with Crippen molar-refractivity contribution in [1.29, 1.82) is 0 Å². The molecule has 0 aliphatic heterocycles. The van der Waals surface area contributed by atoms with Crippen LogP contribution in [0.2, 0.25) is 5.04 Å². The van der Waals surface area contributed by atoms with E-state index in [0.717, 1.165) is 5.56 Å². The third kappa shape index (κ3) is 8.64. The van der Waals surface area contributed by atoms with Crippen LogP contribution < -0.4 is 10.4 Å². The summed E-state index contributed by atoms with van der Waals surface area (Å²) in [6, 6.07) is 30.5. The van der Waals surface area contributed by atoms with Crippen LogP contribution >= 0.6 is 0 Å². The Morgan fingerprint density at radius 2 is 1.25 bits per heavy atom. The van der Waals surface area contributed by atoms with Crippen LogP contribution in [0.25, 0.3) is 0 Å². The minimum atomic E-state index is -2.68. The summed E-state index contributed by atoms with van der Waals surface area (Å²) >= 11 is 0. The van der Waals surface area contributed by atoms with Gasteiger partial charge in [0.25, 0.3) is 8.32 Å². The Balaban J connectivity index is 1.77. The van der Waals surface area contributed by atoms with Gasteiger partial charge >= 0.3 is 11.9 Å². The molecule has 0 N–H and O–H groups in total. The predicted octanol–water partition coefficient (Wildman–Crippen LogP) is 6.43. The Bertz CT molecular complexity index is 1160. The summed E-state index contributed by atoms with van der Waals surface area (Å²) in [6.07, 6.45) is 1.05. The molecule has 0 spiro atoms. The van der Waals surface area contributed by atoms with E-state index in [1.54, 1.807) is 0 Å². The molecule has 0 fully saturated rings. The second-order valence-corrected chi connectivity index (χ2v) is 16.5. The van der Waals surface area contributed by atoms with Crippen LogP contribution in [0.3, 0.4) is 0 Å². The average Bonchev–Trinajstić information content (AvgIpc) is 2.91. The molecule has 0 radical (unpaired) electrons. The lowest BCUT2D eigenvalue weighted by Gasteiger charge is -2.43. The summed E-state index contributed by atoms with van der Waals surface area (Å²) in [6.45, 7) is 12.8. The summed E-state index contributed by atoms with van der Waals surface area (Å²) in [7, 11) is -2.68. The van der Waals surface area contributed by atoms with E-state index in [-0.39, 0.29) is 24.0 Å². The van der Waals surface area contributed by atoms with E-state index in [1.165, 1.54) is 10.4 Å². The first-order valence-corrected chi connectivity index (χ1v) is 16.0. The van der Waals surface area contributed by atoms with Gasteiger partial charge in [0.15, 0.2) is 0 Å². The predicted molar refractivity (Wildman–Crippen MR) is 163 cm³/mol. The van der Waals surface area contributed by atoms with Crippen LogP contribution in [0.5, 0.6) is 0 Å². The van der Waals surface area contributed by atoms with E-state index in [4.69, 9.17) is 13.9 Å². The Labute approximate surface area is 241 Å². The van der Waals surface area contributed by atoms with Gasteiger partial charge in [-0.15, -0.1) is 0 Å². The smallest absolute Gasteiger partial charge is 0.309 e. The second kappa shape index (κ2) is 13.9. The van der Waals surface area contributed by atoms with Gasteiger partial charge in [0.2, 0.25) is 0 Å². The van der Waals surface area contributed by atoms with Gasteiger partial charge in [-0.2, -0.15) is 0 Å². The van der Waals surface area contributed by atoms with Crippen LogP contribution in [0.1, 0.15) is 66.4 Å². The number of carbonyl (C=O) groups is 2. The third-order valence-corrected chi connectivity index (χ3v) is 11.9. The standard InChI is InChI=1S/C34H44O5Si/c1-33(2,3)39-31(35)25-28(32(36)37-26-27-17-10-7-11-18-27)19-16-24-38-40(34(4,5)6,29-20-12-8-13-21-29)30-22-14-9-15-23-30/h7-15,17-18,20-23,28H,16,19,24-26H2,1-6H3/t28-/m0/s1. The van der Waals surface area contributed by atoms with E-state index in [0.29, 0.717) is 19.4 Å². The Morgan fingerprint density at radius 1 is 0.750 bits per heavy atom. The zero-order valence-corrected chi connectivity index (χ0v) is 25.8. The number of hydrogen-bond donors (Lipinski definition) is 0. The minimum Gasteiger partial charge on any atom is -0.461 e. The fourth-order valence-corrected chi connectivity index (χ4v) is 9.66. The molecule has 5 nitrogen and oxygen atoms in total. The normalized spacial score (nSPS) is 12.9. The highest BCUT2D eigenvalue weighted by Gasteiger charge is 2.50. The number of esters is 2. The number of ether oxygens (including phenoxy) is 2. The molecule has 0 aliphatic carbocycles. The van der Waals surface area contributed by atoms with Crippen LogP contribution in [0, 0.1) is 5.92 Å². The van der Waals surface area contributed by atoms with Gasteiger partial charge in [-0.3, -0.25) is 9.59 Å². The van der Waals surface area contributed by atoms with Gasteiger partial charge in [-0.25, -0.2) is 0 Å². The highest BCUT2D eigenvalue weighted by Crippen LogP contribution is 2.37. The molecule has 1 atom stereocenters. The second-order valence-electron chi connectivity index (χ2n) is 12.2. The van der Waals surface area contributed by atoms with Gasteiger partial charge in [-0.1, -0.05) is 112 Å². The molecule has 3 rings (SSSR count). The molecule has 0 bridgehead atoms. The molecule has 214 valence electrons. The molecule has 3 aromatic carbocycles. The first-order chi connectivity index (χ1) is 18.9. The van der Waals surface area contributed by atoms with Gasteiger partial charge in [0.1, 0.15) is 12.2 Å². The van der Waals surface area contributed by atoms with Crippen molar-refractivity contribution in [3.05, 3.63) is 96.6 Å². The van der Waals surface area contributed by atoms with Gasteiger partial charge < -0.3 is 13.9 Å². The summed E-state index contributed by atoms with van der Waals surface area (Å²) < 4.78 is 18.1. The maximum atomic E-state index is 13.1. The van der Waals surface area contributed by atoms with Crippen molar-refractivity contribution >= 4 is 30.6 Å². The Kier molecular flexibility index (Phi) is 10.9. The molecule has 6 heteroatoms. The summed E-state index contributed by atoms with van der Waals surface area (Å²) in [4.78, 5) is 25.8. The Morgan fingerprint density at radius 3 is 1.73 bits per heavy atom. The average molecular weight is 561 g/mol. The molecule has 0 unspecified atom stereocenters. The van der Waals surface area contributed by atoms with Crippen LogP contribution in [0.4, 0.5) is 0 Å². The summed E-state index contributed by atoms with van der Waals surface area (Å²) in [5.74, 6) is -1.40. The molecule has 0 saturated heterocycles. The molecule has 0 aliphatic rings. The van der Waals surface area contributed by atoms with Crippen molar-refractivity contribution in [2.75, 3.05) is 6.61 Å². The maximum absolute atomic E-state index is 13.1. The number of hydrogen-bond acceptors (Lipinski definition) is 5. The first-order valence-electron chi connectivity index (χ1n) is 14.1. The minimum absolute atomic E-state index is 0.0237. The van der Waals surface area contributed by atoms with Gasteiger partial charge in [-0.05, 0) is 54.6 Å². The number of rotatable bonds is 12. The molecule has 0 amide bonds. The van der Waals surface area contributed by atoms with Crippen molar-refractivity contribution in [1.82, 2.24) is 0 Å². The monoisotopic (exact) mass is 560 g/mol. The fourth-order valence-electron chi connectivity index (χ4n) is 5.05. The van der Waals surface area contributed by atoms with Crippen molar-refractivity contribution < 1.29 is 23.5 Å². The summed E-state index contributed by atoms with van der Waals surface area (Å²) in [5, 5.41) is 2.28. The molecular formula is C34H44O5Si. The molecule has 3 aromatic rings. The van der Waals surface area contributed by atoms with Crippen molar-refractivity contribution in [2.24, 2.45) is 5.92 Å². The lowest BCUT2D eigenvalue weighted by Crippen LogP contribution is -2.66. The molecule has 0 aromatic heterocycles. The third-order valence-electron chi connectivity index (χ3n) is 6.82. The maximum Gasteiger partial charge on any atom is 0.309 e. The quantitative estimate of drug-likeness (QED) is 0.145. The largest absolute Gasteiger partial charge is 0.461 e. The number of carbonyl (C=O) groups excluding carboxylic acids is 2. The van der Waals surface area contributed by atoms with Crippen LogP contribution in [-0.4, -0.2) is 32.5 Å². The van der Waals surface area contributed by atoms with Crippen molar-refractivity contribution in [2.45, 2.75) is 78.1 Å². The van der Waals surface area contributed by atoms with E-state index >= 15 is 0 Å². The zero-order valence-electron chi connectivity index (χ0n) is 24.8. The molecular weight excluding hydrogens is 516 g/mol. The summed E-state index contributed by atoms with van der Waals surface area (Å²) in [5.41, 5.74) is 0.281. The zero-order chi connectivity index (χ0) is 29.2. The van der Waals surface area contributed by atoms with E-state index in [1.807, 2.05) is 63.2 Å². The molecule has 0 saturated carbocycles. The molecule has 40 heavy (non-hydrogen) atoms. The fraction of sp³-hybridized carbons (Fsp3) is 0.412. The van der Waals surface area contributed by atoms with E-state index in [2.05, 4.69) is 69.3 Å². The highest BCUT2D eigenvalue weighted by molar-refractivity contribution is 6.99. The van der Waals surface area contributed by atoms with Crippen molar-refractivity contribution in [3.8, 4) is 0 Å². The van der Waals surface area contributed by atoms with Gasteiger partial charge in [0.05, 0.1) is 12.3 Å². The van der Waals surface area contributed by atoms with E-state index in [9.17, 15) is 9.59 Å². The van der Waals surface area contributed by atoms with Crippen LogP contribution in [-0.2, 0) is 30.1 Å². The molecule has 0 heterocycles. The Hall–Kier alpha value is -3.22. The SMILES string of the molecule is CC(C)(C)OC(=O)C[C@H](CCCO[Si](c1ccccc1)(c1ccccc1)C(C)(C)C)C(=O)OCc1ccccc1. The number of benzene rings is 3. The lowest BCUT2D eigenvalue weighted by molar-refractivity contribution is -0.162. The first kappa shape index (κ1) is 31.3. The van der Waals surface area contributed by atoms with E-state index < -0.39 is 25.8 Å². The topological polar surface area (TPSA) is 61.8 Å². The van der Waals surface area contributed by atoms with Crippen LogP contribution in [0.15, 0.2) is 91.0 Å². The highest BCUT2D eigenvalue weighted by atomic mass is 28.4.